The lowest BCUT2D eigenvalue weighted by Crippen LogP contribution is -2.29. The summed E-state index contributed by atoms with van der Waals surface area (Å²) in [5, 5.41) is 0. The molecule has 2 heterocycles. The number of hydrogen-bond acceptors (Lipinski definition) is 6. The fourth-order valence-electron chi connectivity index (χ4n) is 2.49. The maximum absolute atomic E-state index is 12.6. The van der Waals surface area contributed by atoms with Gasteiger partial charge in [0, 0.05) is 19.0 Å². The van der Waals surface area contributed by atoms with Gasteiger partial charge >= 0.3 is 0 Å². The van der Waals surface area contributed by atoms with Gasteiger partial charge in [-0.3, -0.25) is 19.3 Å². The van der Waals surface area contributed by atoms with Crippen molar-refractivity contribution in [2.24, 2.45) is 0 Å². The van der Waals surface area contributed by atoms with E-state index in [4.69, 9.17) is 4.74 Å². The Labute approximate surface area is 144 Å². The predicted octanol–water partition coefficient (Wildman–Crippen LogP) is 1.54. The van der Waals surface area contributed by atoms with Crippen LogP contribution >= 0.6 is 0 Å². The summed E-state index contributed by atoms with van der Waals surface area (Å²) in [5.74, 6) is -0.542. The van der Waals surface area contributed by atoms with Crippen LogP contribution in [0.3, 0.4) is 0 Å². The van der Waals surface area contributed by atoms with Crippen molar-refractivity contribution in [3.8, 4) is 5.75 Å². The number of pyridine rings is 1. The number of imide groups is 1. The molecule has 9 heteroatoms. The average molecular weight is 361 g/mol. The van der Waals surface area contributed by atoms with Gasteiger partial charge in [-0.15, -0.1) is 0 Å². The molecule has 1 aromatic heterocycles. The molecule has 1 aromatic carbocycles. The molecule has 1 N–H and O–H groups in total. The lowest BCUT2D eigenvalue weighted by atomic mass is 10.2. The van der Waals surface area contributed by atoms with Crippen LogP contribution in [-0.4, -0.2) is 32.3 Å². The Hall–Kier alpha value is -2.94. The highest BCUT2D eigenvalue weighted by molar-refractivity contribution is 7.92. The van der Waals surface area contributed by atoms with Crippen LogP contribution in [0.25, 0.3) is 0 Å². The van der Waals surface area contributed by atoms with Crippen molar-refractivity contribution in [1.82, 2.24) is 4.98 Å². The van der Waals surface area contributed by atoms with E-state index in [1.807, 2.05) is 0 Å². The zero-order chi connectivity index (χ0) is 18.0. The lowest BCUT2D eigenvalue weighted by Gasteiger charge is -2.18. The first-order valence-electron chi connectivity index (χ1n) is 7.39. The van der Waals surface area contributed by atoms with Crippen LogP contribution in [0, 0.1) is 0 Å². The summed E-state index contributed by atoms with van der Waals surface area (Å²) in [6, 6.07) is 7.15. The van der Waals surface area contributed by atoms with Gasteiger partial charge in [0.05, 0.1) is 29.6 Å². The van der Waals surface area contributed by atoms with Gasteiger partial charge in [-0.1, -0.05) is 0 Å². The molecule has 0 unspecified atom stereocenters. The zero-order valence-corrected chi connectivity index (χ0v) is 14.1. The normalized spacial score (nSPS) is 14.7. The summed E-state index contributed by atoms with van der Waals surface area (Å²) in [4.78, 5) is 28.7. The second-order valence-electron chi connectivity index (χ2n) is 5.30. The molecule has 8 nitrogen and oxygen atoms in total. The SMILES string of the molecule is COc1ccc(S(=O)(=O)Nc2cccnc2)cc1N1C(=O)CCC1=O. The summed E-state index contributed by atoms with van der Waals surface area (Å²) < 4.78 is 32.7. The van der Waals surface area contributed by atoms with Crippen molar-refractivity contribution in [3.63, 3.8) is 0 Å². The Morgan fingerprint density at radius 1 is 1.16 bits per heavy atom. The van der Waals surface area contributed by atoms with E-state index < -0.39 is 21.8 Å². The van der Waals surface area contributed by atoms with E-state index in [1.165, 1.54) is 37.7 Å². The molecular formula is C16H15N3O5S. The van der Waals surface area contributed by atoms with Gasteiger partial charge in [-0.25, -0.2) is 13.3 Å². The minimum absolute atomic E-state index is 0.0902. The summed E-state index contributed by atoms with van der Waals surface area (Å²) >= 11 is 0. The Kier molecular flexibility index (Phi) is 4.41. The molecule has 1 aliphatic rings. The average Bonchev–Trinajstić information content (AvgIpc) is 2.93. The molecule has 2 amide bonds. The zero-order valence-electron chi connectivity index (χ0n) is 13.3. The molecule has 2 aromatic rings. The topological polar surface area (TPSA) is 106 Å². The summed E-state index contributed by atoms with van der Waals surface area (Å²) in [6.07, 6.45) is 3.07. The second kappa shape index (κ2) is 6.52. The number of hydrogen-bond donors (Lipinski definition) is 1. The third kappa shape index (κ3) is 3.31. The van der Waals surface area contributed by atoms with Gasteiger partial charge in [0.2, 0.25) is 11.8 Å². The van der Waals surface area contributed by atoms with Crippen molar-refractivity contribution in [2.45, 2.75) is 17.7 Å². The van der Waals surface area contributed by atoms with Crippen LogP contribution < -0.4 is 14.4 Å². The molecule has 0 radical (unpaired) electrons. The first-order valence-corrected chi connectivity index (χ1v) is 8.87. The number of carbonyl (C=O) groups excluding carboxylic acids is 2. The Bertz CT molecular complexity index is 912. The molecule has 0 atom stereocenters. The van der Waals surface area contributed by atoms with Crippen molar-refractivity contribution in [3.05, 3.63) is 42.7 Å². The molecule has 1 aliphatic heterocycles. The molecule has 1 saturated heterocycles. The summed E-state index contributed by atoms with van der Waals surface area (Å²) in [5.41, 5.74) is 0.414. The first-order chi connectivity index (χ1) is 11.9. The molecule has 0 aliphatic carbocycles. The molecule has 3 rings (SSSR count). The number of amides is 2. The molecule has 25 heavy (non-hydrogen) atoms. The fraction of sp³-hybridized carbons (Fsp3) is 0.188. The van der Waals surface area contributed by atoms with Crippen molar-refractivity contribution >= 4 is 33.2 Å². The maximum atomic E-state index is 12.6. The highest BCUT2D eigenvalue weighted by Crippen LogP contribution is 2.34. The second-order valence-corrected chi connectivity index (χ2v) is 6.99. The smallest absolute Gasteiger partial charge is 0.262 e. The van der Waals surface area contributed by atoms with Crippen LogP contribution in [0.15, 0.2) is 47.6 Å². The minimum atomic E-state index is -3.92. The van der Waals surface area contributed by atoms with Gasteiger partial charge in [0.1, 0.15) is 5.75 Å². The molecule has 0 spiro atoms. The number of nitrogens with zero attached hydrogens (tertiary/aromatic N) is 2. The van der Waals surface area contributed by atoms with Crippen molar-refractivity contribution in [2.75, 3.05) is 16.7 Å². The Morgan fingerprint density at radius 3 is 2.48 bits per heavy atom. The first kappa shape index (κ1) is 16.9. The molecular weight excluding hydrogens is 346 g/mol. The van der Waals surface area contributed by atoms with Crippen LogP contribution in [-0.2, 0) is 19.6 Å². The number of rotatable bonds is 5. The number of methoxy groups -OCH3 is 1. The Morgan fingerprint density at radius 2 is 1.88 bits per heavy atom. The largest absolute Gasteiger partial charge is 0.495 e. The number of carbonyl (C=O) groups is 2. The van der Waals surface area contributed by atoms with Crippen molar-refractivity contribution in [1.29, 1.82) is 0 Å². The maximum Gasteiger partial charge on any atom is 0.262 e. The molecule has 0 saturated carbocycles. The van der Waals surface area contributed by atoms with Gasteiger partial charge in [-0.05, 0) is 30.3 Å². The highest BCUT2D eigenvalue weighted by atomic mass is 32.2. The number of nitrogens with one attached hydrogen (secondary N) is 1. The third-order valence-corrected chi connectivity index (χ3v) is 5.05. The lowest BCUT2D eigenvalue weighted by molar-refractivity contribution is -0.121. The number of aromatic nitrogens is 1. The highest BCUT2D eigenvalue weighted by Gasteiger charge is 2.33. The van der Waals surface area contributed by atoms with Gasteiger partial charge in [-0.2, -0.15) is 0 Å². The number of anilines is 2. The van der Waals surface area contributed by atoms with Gasteiger partial charge < -0.3 is 4.74 Å². The van der Waals surface area contributed by atoms with Gasteiger partial charge in [0.25, 0.3) is 10.0 Å². The van der Waals surface area contributed by atoms with E-state index in [0.29, 0.717) is 5.69 Å². The number of ether oxygens (including phenoxy) is 1. The molecule has 130 valence electrons. The van der Waals surface area contributed by atoms with Crippen LogP contribution in [0.5, 0.6) is 5.75 Å². The van der Waals surface area contributed by atoms with Crippen LogP contribution in [0.2, 0.25) is 0 Å². The molecule has 1 fully saturated rings. The van der Waals surface area contributed by atoms with E-state index in [-0.39, 0.29) is 29.2 Å². The standard InChI is InChI=1S/C16H15N3O5S/c1-24-14-5-4-12(9-13(14)19-15(20)6-7-16(19)21)25(22,23)18-11-3-2-8-17-10-11/h2-5,8-10,18H,6-7H2,1H3. The van der Waals surface area contributed by atoms with E-state index in [2.05, 4.69) is 9.71 Å². The quantitative estimate of drug-likeness (QED) is 0.810. The van der Waals surface area contributed by atoms with E-state index >= 15 is 0 Å². The van der Waals surface area contributed by atoms with Crippen LogP contribution in [0.4, 0.5) is 11.4 Å². The Balaban J connectivity index is 2.02. The van der Waals surface area contributed by atoms with E-state index in [0.717, 1.165) is 4.90 Å². The minimum Gasteiger partial charge on any atom is -0.495 e. The fourth-order valence-corrected chi connectivity index (χ4v) is 3.56. The van der Waals surface area contributed by atoms with Crippen LogP contribution in [0.1, 0.15) is 12.8 Å². The summed E-state index contributed by atoms with van der Waals surface area (Å²) in [6.45, 7) is 0. The van der Waals surface area contributed by atoms with E-state index in [9.17, 15) is 18.0 Å². The number of benzene rings is 1. The number of sulfonamides is 1. The van der Waals surface area contributed by atoms with Gasteiger partial charge in [0.15, 0.2) is 0 Å². The monoisotopic (exact) mass is 361 g/mol. The molecule has 0 bridgehead atoms. The predicted molar refractivity (Wildman–Crippen MR) is 89.8 cm³/mol. The van der Waals surface area contributed by atoms with Crippen molar-refractivity contribution < 1.29 is 22.7 Å². The summed E-state index contributed by atoms with van der Waals surface area (Å²) in [7, 11) is -2.54. The van der Waals surface area contributed by atoms with E-state index in [1.54, 1.807) is 12.1 Å². The third-order valence-electron chi connectivity index (χ3n) is 3.67.